The van der Waals surface area contributed by atoms with Crippen molar-refractivity contribution in [2.45, 2.75) is 109 Å². The minimum absolute atomic E-state index is 0.0369. The van der Waals surface area contributed by atoms with E-state index in [1.807, 2.05) is 0 Å². The number of aromatic nitrogens is 1. The van der Waals surface area contributed by atoms with E-state index in [0.717, 1.165) is 0 Å². The number of rotatable bonds is 8. The van der Waals surface area contributed by atoms with E-state index in [0.29, 0.717) is 34.4 Å². The van der Waals surface area contributed by atoms with Gasteiger partial charge in [-0.25, -0.2) is 4.57 Å². The third kappa shape index (κ3) is 12.3. The smallest absolute Gasteiger partial charge is 0.416 e. The van der Waals surface area contributed by atoms with Gasteiger partial charge < -0.3 is 4.42 Å². The van der Waals surface area contributed by atoms with Crippen LogP contribution in [-0.2, 0) is 49.4 Å². The van der Waals surface area contributed by atoms with Crippen molar-refractivity contribution in [1.29, 1.82) is 0 Å². The van der Waals surface area contributed by atoms with Crippen LogP contribution in [0.2, 0.25) is 0 Å². The lowest BCUT2D eigenvalue weighted by Gasteiger charge is -2.25. The molecule has 10 aromatic rings. The summed E-state index contributed by atoms with van der Waals surface area (Å²) in [6.07, 6.45) is -46.0. The van der Waals surface area contributed by atoms with Crippen LogP contribution >= 0.6 is 0 Å². The number of hydrogen-bond donors (Lipinski definition) is 0. The molecule has 8 aromatic carbocycles. The maximum absolute atomic E-state index is 15.8. The molecule has 0 unspecified atom stereocenters. The molecule has 0 N–H and O–H groups in total. The second kappa shape index (κ2) is 21.9. The van der Waals surface area contributed by atoms with Crippen LogP contribution in [-0.4, -0.2) is 4.57 Å². The van der Waals surface area contributed by atoms with Crippen molar-refractivity contribution < 1.29 is 110 Å². The van der Waals surface area contributed by atoms with E-state index in [-0.39, 0.29) is 77.3 Å². The molecular weight excluding hydrogens is 1300 g/mol. The van der Waals surface area contributed by atoms with E-state index in [2.05, 4.69) is 0 Å². The average Bonchev–Trinajstić information content (AvgIpc) is 0.690. The Kier molecular flexibility index (Phi) is 15.9. The van der Waals surface area contributed by atoms with Crippen molar-refractivity contribution in [1.82, 2.24) is 4.57 Å². The lowest BCUT2D eigenvalue weighted by atomic mass is 9.84. The maximum Gasteiger partial charge on any atom is 0.416 e. The lowest BCUT2D eigenvalue weighted by molar-refractivity contribution is -0.144. The maximum atomic E-state index is 15.8. The van der Waals surface area contributed by atoms with Gasteiger partial charge in [-0.05, 0) is 170 Å². The third-order valence-electron chi connectivity index (χ3n) is 15.7. The minimum Gasteiger partial charge on any atom is -0.455 e. The first-order chi connectivity index (χ1) is 42.4. The number of pyridine rings is 1. The third-order valence-corrected chi connectivity index (χ3v) is 15.7. The van der Waals surface area contributed by atoms with Crippen LogP contribution in [0.3, 0.4) is 0 Å². The first kappa shape index (κ1) is 67.2. The van der Waals surface area contributed by atoms with Crippen LogP contribution in [0, 0.1) is 0 Å². The molecule has 0 saturated carbocycles. The highest BCUT2D eigenvalue weighted by molar-refractivity contribution is 6.32. The molecule has 0 saturated heterocycles. The summed E-state index contributed by atoms with van der Waals surface area (Å²) in [5.41, 5.74) is -31.5. The van der Waals surface area contributed by atoms with Gasteiger partial charge in [-0.15, -0.1) is 0 Å². The molecule has 0 bridgehead atoms. The molecule has 4 nitrogen and oxygen atoms in total. The zero-order valence-electron chi connectivity index (χ0n) is 47.9. The van der Waals surface area contributed by atoms with Gasteiger partial charge in [0, 0.05) is 37.9 Å². The van der Waals surface area contributed by atoms with Gasteiger partial charge in [-0.1, -0.05) is 53.7 Å². The van der Waals surface area contributed by atoms with E-state index >= 15 is 35.9 Å². The van der Waals surface area contributed by atoms with Crippen LogP contribution in [0.5, 0.6) is 0 Å². The summed E-state index contributed by atoms with van der Waals surface area (Å²) in [4.78, 5) is 31.7. The van der Waals surface area contributed by atoms with E-state index < -0.39 is 223 Å². The number of halogens is 24. The zero-order chi connectivity index (χ0) is 69.1. The Labute approximate surface area is 506 Å². The number of alkyl halides is 24. The Morgan fingerprint density at radius 2 is 0.581 bits per heavy atom. The molecule has 28 heteroatoms. The summed E-state index contributed by atoms with van der Waals surface area (Å²) in [6.45, 7) is 9.98. The van der Waals surface area contributed by atoms with Crippen LogP contribution < -0.4 is 11.1 Å². The van der Waals surface area contributed by atoms with Crippen LogP contribution in [0.1, 0.15) is 120 Å². The topological polar surface area (TPSA) is 52.2 Å². The fraction of sp³-hybridized carbons (Fsp3) is 0.262. The molecular formula is C65H39F24NO3. The largest absolute Gasteiger partial charge is 0.455 e. The number of benzene rings is 8. The molecule has 93 heavy (non-hydrogen) atoms. The van der Waals surface area contributed by atoms with Gasteiger partial charge in [0.05, 0.1) is 50.2 Å². The second-order valence-corrected chi connectivity index (χ2v) is 23.0. The van der Waals surface area contributed by atoms with Gasteiger partial charge in [-0.3, -0.25) is 9.59 Å². The predicted molar refractivity (Wildman–Crippen MR) is 296 cm³/mol. The second-order valence-electron chi connectivity index (χ2n) is 23.0. The fourth-order valence-electron chi connectivity index (χ4n) is 11.4. The SMILES string of the molecule is CC(C)c1cc(C(C)C)c(-n2c(=O)c3cc(-c4cc(C(F)(F)F)cc(C(F)(F)F)c4)c4oc5cc(-c6cc(C(F)(F)F)cc(C(F)(F)F)c6)c(-c6cc(C(F)(F)F)cc(C(F)(F)F)c6)cc5c5c(-c6cc(C(F)(F)F)cc(C(F)(F)F)c6)cc(c2=O)c3c45)c(C(C)C)c1. The summed E-state index contributed by atoms with van der Waals surface area (Å²) in [6, 6.07) is 3.31. The Balaban J connectivity index is 1.58. The fourth-order valence-corrected chi connectivity index (χ4v) is 11.4. The van der Waals surface area contributed by atoms with Gasteiger partial charge in [0.1, 0.15) is 11.2 Å². The molecule has 0 aliphatic carbocycles. The van der Waals surface area contributed by atoms with Crippen molar-refractivity contribution in [3.8, 4) is 50.2 Å². The first-order valence-electron chi connectivity index (χ1n) is 27.2. The van der Waals surface area contributed by atoms with E-state index in [9.17, 15) is 79.0 Å². The number of fused-ring (bicyclic) bond motifs is 2. The molecule has 2 aromatic heterocycles. The highest BCUT2D eigenvalue weighted by atomic mass is 19.4. The molecule has 0 spiro atoms. The molecule has 10 rings (SSSR count). The van der Waals surface area contributed by atoms with Crippen molar-refractivity contribution >= 4 is 43.5 Å². The Bertz CT molecular complexity index is 4620. The molecule has 490 valence electrons. The summed E-state index contributed by atoms with van der Waals surface area (Å²) < 4.78 is 363. The molecule has 0 aliphatic rings. The predicted octanol–water partition coefficient (Wildman–Crippen LogP) is 23.0. The van der Waals surface area contributed by atoms with Gasteiger partial charge in [0.25, 0.3) is 11.1 Å². The number of nitrogens with zero attached hydrogens (tertiary/aromatic N) is 1. The van der Waals surface area contributed by atoms with Gasteiger partial charge in [0.15, 0.2) is 0 Å². The Morgan fingerprint density at radius 1 is 0.301 bits per heavy atom. The van der Waals surface area contributed by atoms with Crippen LogP contribution in [0.15, 0.2) is 123 Å². The molecule has 0 radical (unpaired) electrons. The van der Waals surface area contributed by atoms with E-state index in [1.54, 1.807) is 53.7 Å². The first-order valence-corrected chi connectivity index (χ1v) is 27.2. The lowest BCUT2D eigenvalue weighted by Crippen LogP contribution is -2.34. The zero-order valence-corrected chi connectivity index (χ0v) is 47.9. The van der Waals surface area contributed by atoms with E-state index in [1.165, 1.54) is 0 Å². The molecule has 2 heterocycles. The molecule has 0 amide bonds. The average molecular weight is 1340 g/mol. The monoisotopic (exact) mass is 1340 g/mol. The van der Waals surface area contributed by atoms with Crippen LogP contribution in [0.25, 0.3) is 93.7 Å². The molecule has 0 atom stereocenters. The van der Waals surface area contributed by atoms with Crippen molar-refractivity contribution in [2.24, 2.45) is 0 Å². The molecule has 0 aliphatic heterocycles. The summed E-state index contributed by atoms with van der Waals surface area (Å²) in [5, 5.41) is -5.63. The van der Waals surface area contributed by atoms with E-state index in [4.69, 9.17) is 4.42 Å². The van der Waals surface area contributed by atoms with Gasteiger partial charge in [0.2, 0.25) is 0 Å². The summed E-state index contributed by atoms with van der Waals surface area (Å²) >= 11 is 0. The van der Waals surface area contributed by atoms with Crippen LogP contribution in [0.4, 0.5) is 105 Å². The van der Waals surface area contributed by atoms with Crippen molar-refractivity contribution in [2.75, 3.05) is 0 Å². The summed E-state index contributed by atoms with van der Waals surface area (Å²) in [7, 11) is 0. The summed E-state index contributed by atoms with van der Waals surface area (Å²) in [5.74, 6) is -1.57. The standard InChI is InChI=1S/C65H39F24NO3/c1-25(2)28-15-41(26(3)4)54(42(16-28)27(5)6)90-56(91)48-22-45(31-11-37(62(78,79)80)19-38(12-31)63(81,82)83)51-47-21-43(29-7-33(58(66,67)68)17-34(8-29)59(69,70)71)44(30-9-35(60(72,73)74)18-36(10-30)61(75,76)77)24-50(47)93-55-46(23-49(57(90)92)52(48)53(51)55)32-13-39(64(84,85)86)20-40(14-32)65(87,88)89/h7-27H,1-6H3. The number of hydrogen-bond acceptors (Lipinski definition) is 3. The minimum atomic E-state index is -5.79. The highest BCUT2D eigenvalue weighted by Crippen LogP contribution is 2.53. The van der Waals surface area contributed by atoms with Crippen molar-refractivity contribution in [3.05, 3.63) is 191 Å². The highest BCUT2D eigenvalue weighted by Gasteiger charge is 2.43. The van der Waals surface area contributed by atoms with Crippen molar-refractivity contribution in [3.63, 3.8) is 0 Å². The van der Waals surface area contributed by atoms with Gasteiger partial charge in [-0.2, -0.15) is 105 Å². The Morgan fingerprint density at radius 3 is 0.882 bits per heavy atom. The normalized spacial score (nSPS) is 13.6. The molecule has 0 fully saturated rings. The van der Waals surface area contributed by atoms with Gasteiger partial charge >= 0.3 is 49.4 Å². The Hall–Kier alpha value is -8.72. The quantitative estimate of drug-likeness (QED) is 0.0865.